The molecule has 12 heavy (non-hydrogen) atoms. The van der Waals surface area contributed by atoms with Crippen LogP contribution in [0, 0.1) is 11.3 Å². The Balaban J connectivity index is 1.91. The highest BCUT2D eigenvalue weighted by atomic mass is 16.5. The summed E-state index contributed by atoms with van der Waals surface area (Å²) >= 11 is 0. The largest absolute Gasteiger partial charge is 0.381 e. The molecule has 0 spiro atoms. The van der Waals surface area contributed by atoms with E-state index in [0.29, 0.717) is 5.41 Å². The van der Waals surface area contributed by atoms with Gasteiger partial charge in [0.15, 0.2) is 0 Å². The van der Waals surface area contributed by atoms with Crippen molar-refractivity contribution in [2.24, 2.45) is 11.3 Å². The van der Waals surface area contributed by atoms with Crippen molar-refractivity contribution in [2.45, 2.75) is 32.7 Å². The predicted octanol–water partition coefficient (Wildman–Crippen LogP) is 1.41. The van der Waals surface area contributed by atoms with Crippen LogP contribution in [0.2, 0.25) is 0 Å². The van der Waals surface area contributed by atoms with Crippen molar-refractivity contribution in [2.75, 3.05) is 19.8 Å². The van der Waals surface area contributed by atoms with Gasteiger partial charge in [0.1, 0.15) is 0 Å². The second kappa shape index (κ2) is 3.00. The summed E-state index contributed by atoms with van der Waals surface area (Å²) in [4.78, 5) is 0. The van der Waals surface area contributed by atoms with Crippen molar-refractivity contribution in [1.29, 1.82) is 0 Å². The van der Waals surface area contributed by atoms with E-state index in [-0.39, 0.29) is 0 Å². The van der Waals surface area contributed by atoms with Gasteiger partial charge in [0.25, 0.3) is 0 Å². The maximum Gasteiger partial charge on any atom is 0.0469 e. The molecule has 0 amide bonds. The topological polar surface area (TPSA) is 21.3 Å². The normalized spacial score (nSPS) is 36.0. The van der Waals surface area contributed by atoms with Gasteiger partial charge in [0, 0.05) is 25.8 Å². The first-order valence-corrected chi connectivity index (χ1v) is 5.01. The third kappa shape index (κ3) is 1.38. The summed E-state index contributed by atoms with van der Waals surface area (Å²) < 4.78 is 5.36. The fourth-order valence-corrected chi connectivity index (χ4v) is 2.48. The van der Waals surface area contributed by atoms with Gasteiger partial charge >= 0.3 is 0 Å². The van der Waals surface area contributed by atoms with Crippen LogP contribution < -0.4 is 5.32 Å². The minimum Gasteiger partial charge on any atom is -0.381 e. The monoisotopic (exact) mass is 169 g/mol. The zero-order valence-corrected chi connectivity index (χ0v) is 8.10. The summed E-state index contributed by atoms with van der Waals surface area (Å²) in [7, 11) is 0. The molecule has 0 aromatic heterocycles. The molecule has 0 bridgehead atoms. The van der Waals surface area contributed by atoms with Gasteiger partial charge in [0.2, 0.25) is 0 Å². The molecule has 2 aliphatic rings. The molecule has 1 unspecified atom stereocenters. The summed E-state index contributed by atoms with van der Waals surface area (Å²) in [5.41, 5.74) is 0.530. The number of rotatable bonds is 1. The first kappa shape index (κ1) is 8.52. The van der Waals surface area contributed by atoms with E-state index in [1.165, 1.54) is 19.4 Å². The summed E-state index contributed by atoms with van der Waals surface area (Å²) in [6.07, 6.45) is 2.50. The predicted molar refractivity (Wildman–Crippen MR) is 49.1 cm³/mol. The van der Waals surface area contributed by atoms with Gasteiger partial charge in [-0.1, -0.05) is 13.8 Å². The second-order valence-corrected chi connectivity index (χ2v) is 4.80. The van der Waals surface area contributed by atoms with E-state index in [2.05, 4.69) is 19.2 Å². The Hall–Kier alpha value is -0.0800. The molecule has 1 atom stereocenters. The molecule has 2 saturated heterocycles. The molecule has 2 fully saturated rings. The van der Waals surface area contributed by atoms with Gasteiger partial charge in [-0.2, -0.15) is 0 Å². The summed E-state index contributed by atoms with van der Waals surface area (Å²) in [5, 5.41) is 3.55. The molecule has 0 radical (unpaired) electrons. The second-order valence-electron chi connectivity index (χ2n) is 4.80. The van der Waals surface area contributed by atoms with Crippen LogP contribution in [-0.2, 0) is 4.74 Å². The van der Waals surface area contributed by atoms with Crippen LogP contribution in [0.1, 0.15) is 26.7 Å². The Morgan fingerprint density at radius 1 is 1.25 bits per heavy atom. The van der Waals surface area contributed by atoms with Gasteiger partial charge in [-0.25, -0.2) is 0 Å². The van der Waals surface area contributed by atoms with Crippen molar-refractivity contribution in [3.8, 4) is 0 Å². The lowest BCUT2D eigenvalue weighted by Crippen LogP contribution is -2.63. The van der Waals surface area contributed by atoms with Gasteiger partial charge < -0.3 is 10.1 Å². The van der Waals surface area contributed by atoms with E-state index in [0.717, 1.165) is 25.2 Å². The van der Waals surface area contributed by atoms with Gasteiger partial charge in [-0.15, -0.1) is 0 Å². The van der Waals surface area contributed by atoms with Gasteiger partial charge in [0.05, 0.1) is 0 Å². The molecule has 2 rings (SSSR count). The van der Waals surface area contributed by atoms with Crippen LogP contribution in [0.4, 0.5) is 0 Å². The van der Waals surface area contributed by atoms with Crippen LogP contribution in [0.25, 0.3) is 0 Å². The lowest BCUT2D eigenvalue weighted by molar-refractivity contribution is -0.000701. The first-order valence-electron chi connectivity index (χ1n) is 5.01. The number of nitrogens with one attached hydrogen (secondary N) is 1. The molecular weight excluding hydrogens is 150 g/mol. The van der Waals surface area contributed by atoms with Crippen LogP contribution in [-0.4, -0.2) is 25.8 Å². The smallest absolute Gasteiger partial charge is 0.0469 e. The molecule has 1 N–H and O–H groups in total. The average molecular weight is 169 g/mol. The fraction of sp³-hybridized carbons (Fsp3) is 1.00. The van der Waals surface area contributed by atoms with Crippen molar-refractivity contribution >= 4 is 0 Å². The van der Waals surface area contributed by atoms with Gasteiger partial charge in [-0.3, -0.25) is 0 Å². The number of ether oxygens (including phenoxy) is 1. The minimum absolute atomic E-state index is 0.530. The zero-order chi connectivity index (χ0) is 8.60. The van der Waals surface area contributed by atoms with Gasteiger partial charge in [-0.05, 0) is 24.2 Å². The van der Waals surface area contributed by atoms with Crippen LogP contribution >= 0.6 is 0 Å². The summed E-state index contributed by atoms with van der Waals surface area (Å²) in [6, 6.07) is 0.751. The molecule has 70 valence electrons. The Kier molecular flexibility index (Phi) is 2.13. The maximum atomic E-state index is 5.36. The van der Waals surface area contributed by atoms with Crippen molar-refractivity contribution in [3.63, 3.8) is 0 Å². The highest BCUT2D eigenvalue weighted by Gasteiger charge is 2.42. The number of hydrogen-bond donors (Lipinski definition) is 1. The molecule has 0 aliphatic carbocycles. The molecule has 0 aromatic rings. The molecule has 2 heteroatoms. The zero-order valence-electron chi connectivity index (χ0n) is 8.10. The van der Waals surface area contributed by atoms with Crippen molar-refractivity contribution in [3.05, 3.63) is 0 Å². The highest BCUT2D eigenvalue weighted by molar-refractivity contribution is 4.99. The van der Waals surface area contributed by atoms with E-state index < -0.39 is 0 Å². The molecule has 0 aromatic carbocycles. The molecule has 2 heterocycles. The Morgan fingerprint density at radius 3 is 2.33 bits per heavy atom. The Morgan fingerprint density at radius 2 is 1.92 bits per heavy atom. The van der Waals surface area contributed by atoms with E-state index in [1.54, 1.807) is 0 Å². The summed E-state index contributed by atoms with van der Waals surface area (Å²) in [6.45, 7) is 7.86. The van der Waals surface area contributed by atoms with E-state index in [9.17, 15) is 0 Å². The average Bonchev–Trinajstić information content (AvgIpc) is 2.05. The van der Waals surface area contributed by atoms with Crippen LogP contribution in [0.5, 0.6) is 0 Å². The van der Waals surface area contributed by atoms with Crippen LogP contribution in [0.3, 0.4) is 0 Å². The quantitative estimate of drug-likeness (QED) is 0.641. The molecular formula is C10H19NO. The van der Waals surface area contributed by atoms with Crippen LogP contribution in [0.15, 0.2) is 0 Å². The molecule has 2 nitrogen and oxygen atoms in total. The van der Waals surface area contributed by atoms with Crippen molar-refractivity contribution < 1.29 is 4.74 Å². The fourth-order valence-electron chi connectivity index (χ4n) is 2.48. The summed E-state index contributed by atoms with van der Waals surface area (Å²) in [5.74, 6) is 0.863. The third-order valence-corrected chi connectivity index (χ3v) is 3.36. The maximum absolute atomic E-state index is 5.36. The Labute approximate surface area is 74.7 Å². The lowest BCUT2D eigenvalue weighted by Gasteiger charge is -2.50. The number of hydrogen-bond acceptors (Lipinski definition) is 2. The third-order valence-electron chi connectivity index (χ3n) is 3.36. The molecule has 2 aliphatic heterocycles. The van der Waals surface area contributed by atoms with E-state index in [4.69, 9.17) is 4.74 Å². The van der Waals surface area contributed by atoms with Crippen molar-refractivity contribution in [1.82, 2.24) is 5.32 Å². The SMILES string of the molecule is CC1(C)CNC1C1CCOCC1. The highest BCUT2D eigenvalue weighted by Crippen LogP contribution is 2.36. The standard InChI is InChI=1S/C10H19NO/c1-10(2)7-11-9(10)8-3-5-12-6-4-8/h8-9,11H,3-7H2,1-2H3. The van der Waals surface area contributed by atoms with E-state index >= 15 is 0 Å². The lowest BCUT2D eigenvalue weighted by atomic mass is 9.69. The minimum atomic E-state index is 0.530. The Bertz CT molecular complexity index is 161. The van der Waals surface area contributed by atoms with E-state index in [1.807, 2.05) is 0 Å². The molecule has 0 saturated carbocycles. The first-order chi connectivity index (χ1) is 5.70.